The second-order valence-electron chi connectivity index (χ2n) is 9.86. The molecule has 0 spiro atoms. The lowest BCUT2D eigenvalue weighted by Gasteiger charge is -2.33. The third-order valence-corrected chi connectivity index (χ3v) is 7.22. The molecule has 0 aromatic heterocycles. The van der Waals surface area contributed by atoms with Gasteiger partial charge in [0.1, 0.15) is 6.04 Å². The molecule has 0 radical (unpaired) electrons. The van der Waals surface area contributed by atoms with E-state index in [-0.39, 0.29) is 24.3 Å². The molecule has 1 aliphatic rings. The monoisotopic (exact) mass is 502 g/mol. The first-order valence-corrected chi connectivity index (χ1v) is 13.3. The van der Waals surface area contributed by atoms with E-state index in [0.717, 1.165) is 47.9 Å². The van der Waals surface area contributed by atoms with Crippen molar-refractivity contribution in [3.05, 3.63) is 106 Å². The van der Waals surface area contributed by atoms with E-state index in [2.05, 4.69) is 5.32 Å². The number of nitrogens with one attached hydrogen (secondary N) is 1. The van der Waals surface area contributed by atoms with Gasteiger partial charge in [-0.3, -0.25) is 9.59 Å². The molecule has 1 aliphatic carbocycles. The Labute approximate surface area is 219 Å². The molecule has 1 atom stereocenters. The molecular weight excluding hydrogens is 468 g/mol. The fourth-order valence-electron chi connectivity index (χ4n) is 4.87. The topological polar surface area (TPSA) is 49.4 Å². The van der Waals surface area contributed by atoms with Gasteiger partial charge >= 0.3 is 0 Å². The number of amides is 2. The highest BCUT2D eigenvalue weighted by molar-refractivity contribution is 6.30. The molecule has 2 amide bonds. The summed E-state index contributed by atoms with van der Waals surface area (Å²) in [4.78, 5) is 29.4. The van der Waals surface area contributed by atoms with E-state index in [1.54, 1.807) is 17.0 Å². The van der Waals surface area contributed by atoms with Crippen molar-refractivity contribution in [2.75, 3.05) is 0 Å². The molecule has 1 saturated carbocycles. The molecule has 3 aromatic rings. The largest absolute Gasteiger partial charge is 0.352 e. The van der Waals surface area contributed by atoms with Crippen LogP contribution in [0.5, 0.6) is 0 Å². The molecule has 0 heterocycles. The lowest BCUT2D eigenvalue weighted by molar-refractivity contribution is -0.141. The van der Waals surface area contributed by atoms with Crippen molar-refractivity contribution in [3.63, 3.8) is 0 Å². The first-order chi connectivity index (χ1) is 17.5. The zero-order valence-electron chi connectivity index (χ0n) is 21.0. The third-order valence-electron chi connectivity index (χ3n) is 6.96. The van der Waals surface area contributed by atoms with Crippen LogP contribution in [-0.4, -0.2) is 28.8 Å². The van der Waals surface area contributed by atoms with Crippen molar-refractivity contribution >= 4 is 23.4 Å². The number of rotatable bonds is 9. The lowest BCUT2D eigenvalue weighted by atomic mass is 9.94. The number of benzene rings is 3. The maximum atomic E-state index is 13.8. The number of hydrogen-bond acceptors (Lipinski definition) is 2. The highest BCUT2D eigenvalue weighted by Crippen LogP contribution is 2.21. The molecule has 0 saturated heterocycles. The quantitative estimate of drug-likeness (QED) is 0.374. The van der Waals surface area contributed by atoms with E-state index in [0.29, 0.717) is 18.0 Å². The maximum absolute atomic E-state index is 13.8. The Morgan fingerprint density at radius 3 is 2.17 bits per heavy atom. The fourth-order valence-corrected chi connectivity index (χ4v) is 4.99. The first kappa shape index (κ1) is 26.0. The zero-order chi connectivity index (χ0) is 25.3. The highest BCUT2D eigenvalue weighted by atomic mass is 35.5. The highest BCUT2D eigenvalue weighted by Gasteiger charge is 2.31. The second kappa shape index (κ2) is 12.7. The van der Waals surface area contributed by atoms with Crippen molar-refractivity contribution in [1.29, 1.82) is 0 Å². The van der Waals surface area contributed by atoms with Crippen LogP contribution in [0.15, 0.2) is 78.9 Å². The van der Waals surface area contributed by atoms with E-state index in [9.17, 15) is 9.59 Å². The Bertz CT molecular complexity index is 1120. The summed E-state index contributed by atoms with van der Waals surface area (Å²) in [5, 5.41) is 3.93. The molecule has 4 rings (SSSR count). The van der Waals surface area contributed by atoms with Crippen molar-refractivity contribution in [3.8, 4) is 0 Å². The van der Waals surface area contributed by atoms with Crippen LogP contribution in [-0.2, 0) is 29.0 Å². The molecule has 1 fully saturated rings. The van der Waals surface area contributed by atoms with Crippen LogP contribution in [0, 0.1) is 6.92 Å². The minimum absolute atomic E-state index is 0.0673. The van der Waals surface area contributed by atoms with Gasteiger partial charge in [0.05, 0.1) is 6.42 Å². The SMILES string of the molecule is Cc1ccc(CN(C(=O)Cc2ccc(Cl)cc2)C(Cc2ccccc2)C(=O)NC2CCCCC2)cc1. The summed E-state index contributed by atoms with van der Waals surface area (Å²) in [7, 11) is 0. The summed E-state index contributed by atoms with van der Waals surface area (Å²) in [5.41, 5.74) is 4.08. The van der Waals surface area contributed by atoms with Crippen molar-refractivity contribution < 1.29 is 9.59 Å². The standard InChI is InChI=1S/C31H35ClN2O2/c1-23-12-14-26(15-13-23)22-34(30(35)21-25-16-18-27(32)19-17-25)29(20-24-8-4-2-5-9-24)31(36)33-28-10-6-3-7-11-28/h2,4-5,8-9,12-19,28-29H,3,6-7,10-11,20-22H2,1H3,(H,33,36). The van der Waals surface area contributed by atoms with Gasteiger partial charge in [-0.2, -0.15) is 0 Å². The maximum Gasteiger partial charge on any atom is 0.243 e. The molecule has 0 aliphatic heterocycles. The first-order valence-electron chi connectivity index (χ1n) is 12.9. The van der Waals surface area contributed by atoms with Gasteiger partial charge in [0.2, 0.25) is 11.8 Å². The van der Waals surface area contributed by atoms with Gasteiger partial charge in [0.15, 0.2) is 0 Å². The summed E-state index contributed by atoms with van der Waals surface area (Å²) in [6.45, 7) is 2.42. The molecule has 0 bridgehead atoms. The predicted molar refractivity (Wildman–Crippen MR) is 146 cm³/mol. The molecule has 188 valence electrons. The van der Waals surface area contributed by atoms with Gasteiger partial charge in [-0.15, -0.1) is 0 Å². The van der Waals surface area contributed by atoms with Gasteiger partial charge in [-0.1, -0.05) is 103 Å². The number of carbonyl (C=O) groups is 2. The average Bonchev–Trinajstić information content (AvgIpc) is 2.89. The van der Waals surface area contributed by atoms with Crippen LogP contribution in [0.3, 0.4) is 0 Å². The van der Waals surface area contributed by atoms with Gasteiger partial charge in [-0.05, 0) is 48.6 Å². The van der Waals surface area contributed by atoms with Crippen LogP contribution in [0.4, 0.5) is 0 Å². The summed E-state index contributed by atoms with van der Waals surface area (Å²) < 4.78 is 0. The predicted octanol–water partition coefficient (Wildman–Crippen LogP) is 6.28. The van der Waals surface area contributed by atoms with E-state index in [1.807, 2.05) is 73.7 Å². The molecule has 36 heavy (non-hydrogen) atoms. The van der Waals surface area contributed by atoms with Gasteiger partial charge in [0, 0.05) is 24.0 Å². The number of nitrogens with zero attached hydrogens (tertiary/aromatic N) is 1. The number of halogens is 1. The third kappa shape index (κ3) is 7.44. The van der Waals surface area contributed by atoms with Gasteiger partial charge < -0.3 is 10.2 Å². The fraction of sp³-hybridized carbons (Fsp3) is 0.355. The van der Waals surface area contributed by atoms with Crippen LogP contribution >= 0.6 is 11.6 Å². The molecule has 4 nitrogen and oxygen atoms in total. The van der Waals surface area contributed by atoms with Crippen LogP contribution in [0.1, 0.15) is 54.4 Å². The van der Waals surface area contributed by atoms with Gasteiger partial charge in [0.25, 0.3) is 0 Å². The Kier molecular flexibility index (Phi) is 9.18. The normalized spacial score (nSPS) is 14.7. The Morgan fingerprint density at radius 1 is 0.861 bits per heavy atom. The van der Waals surface area contributed by atoms with Crippen LogP contribution in [0.2, 0.25) is 5.02 Å². The Morgan fingerprint density at radius 2 is 1.50 bits per heavy atom. The molecule has 3 aromatic carbocycles. The van der Waals surface area contributed by atoms with E-state index in [4.69, 9.17) is 11.6 Å². The summed E-state index contributed by atoms with van der Waals surface area (Å²) >= 11 is 6.06. The Balaban J connectivity index is 1.64. The van der Waals surface area contributed by atoms with Crippen LogP contribution in [0.25, 0.3) is 0 Å². The lowest BCUT2D eigenvalue weighted by Crippen LogP contribution is -2.53. The smallest absolute Gasteiger partial charge is 0.243 e. The van der Waals surface area contributed by atoms with Crippen molar-refractivity contribution in [2.24, 2.45) is 0 Å². The van der Waals surface area contributed by atoms with Crippen molar-refractivity contribution in [1.82, 2.24) is 10.2 Å². The molecular formula is C31H35ClN2O2. The number of hydrogen-bond donors (Lipinski definition) is 1. The van der Waals surface area contributed by atoms with Gasteiger partial charge in [-0.25, -0.2) is 0 Å². The van der Waals surface area contributed by atoms with E-state index < -0.39 is 6.04 Å². The summed E-state index contributed by atoms with van der Waals surface area (Å²) in [5.74, 6) is -0.139. The minimum atomic E-state index is -0.601. The van der Waals surface area contributed by atoms with Crippen molar-refractivity contribution in [2.45, 2.75) is 70.5 Å². The van der Waals surface area contributed by atoms with Crippen LogP contribution < -0.4 is 5.32 Å². The zero-order valence-corrected chi connectivity index (χ0v) is 21.7. The Hall–Kier alpha value is -3.11. The van der Waals surface area contributed by atoms with E-state index in [1.165, 1.54) is 6.42 Å². The number of aryl methyl sites for hydroxylation is 1. The second-order valence-corrected chi connectivity index (χ2v) is 10.3. The molecule has 5 heteroatoms. The molecule has 1 N–H and O–H groups in total. The summed E-state index contributed by atoms with van der Waals surface area (Å²) in [6, 6.07) is 25.1. The van der Waals surface area contributed by atoms with E-state index >= 15 is 0 Å². The average molecular weight is 503 g/mol. The number of carbonyl (C=O) groups excluding carboxylic acids is 2. The molecule has 1 unspecified atom stereocenters. The summed E-state index contributed by atoms with van der Waals surface area (Å²) in [6.07, 6.45) is 6.18. The minimum Gasteiger partial charge on any atom is -0.352 e.